The molecule has 4 aromatic heterocycles. The Labute approximate surface area is 659 Å². The van der Waals surface area contributed by atoms with E-state index in [0.29, 0.717) is 21.7 Å². The van der Waals surface area contributed by atoms with Crippen molar-refractivity contribution in [2.24, 2.45) is 49.9 Å². The number of pyridine rings is 4. The Morgan fingerprint density at radius 1 is 0.255 bits per heavy atom. The smallest absolute Gasteiger partial charge is 0.194 e. The molecule has 8 aliphatic carbocycles. The summed E-state index contributed by atoms with van der Waals surface area (Å²) >= 11 is 0. The number of aryl methyl sites for hydroxylation is 13. The Kier molecular flexibility index (Phi) is 19.5. The minimum Gasteiger partial charge on any atom is -0.194 e. The number of para-hydroxylation sites is 1. The van der Waals surface area contributed by atoms with Crippen molar-refractivity contribution >= 4 is 43.6 Å². The van der Waals surface area contributed by atoms with Crippen molar-refractivity contribution in [1.29, 1.82) is 0 Å². The first-order valence-electron chi connectivity index (χ1n) is 43.0. The van der Waals surface area contributed by atoms with E-state index in [1.807, 2.05) is 0 Å². The monoisotopic (exact) mass is 1450 g/mol. The Hall–Kier alpha value is -8.60. The fourth-order valence-corrected chi connectivity index (χ4v) is 23.7. The van der Waals surface area contributed by atoms with E-state index in [1.165, 1.54) is 322 Å². The molecule has 0 radical (unpaired) electrons. The second-order valence-corrected chi connectivity index (χ2v) is 37.6. The summed E-state index contributed by atoms with van der Waals surface area (Å²) in [6.07, 6.45) is 36.0. The van der Waals surface area contributed by atoms with Crippen LogP contribution >= 0.6 is 0 Å². The van der Waals surface area contributed by atoms with Crippen LogP contribution in [0.1, 0.15) is 227 Å². The molecule has 0 aliphatic heterocycles. The van der Waals surface area contributed by atoms with E-state index in [1.54, 1.807) is 44.5 Å². The molecule has 0 amide bonds. The molecule has 110 heavy (non-hydrogen) atoms. The van der Waals surface area contributed by atoms with Crippen LogP contribution in [-0.2, 0) is 79.6 Å². The Balaban J connectivity index is 0.000000107. The van der Waals surface area contributed by atoms with Crippen molar-refractivity contribution in [2.45, 2.75) is 250 Å². The van der Waals surface area contributed by atoms with Crippen molar-refractivity contribution < 1.29 is 18.3 Å². The van der Waals surface area contributed by atoms with Crippen LogP contribution in [0.4, 0.5) is 0 Å². The lowest BCUT2D eigenvalue weighted by molar-refractivity contribution is -0.634. The first-order valence-corrected chi connectivity index (χ1v) is 43.0. The van der Waals surface area contributed by atoms with Crippen molar-refractivity contribution in [3.05, 3.63) is 257 Å². The topological polar surface area (TPSA) is 15.5 Å². The van der Waals surface area contributed by atoms with E-state index in [2.05, 4.69) is 275 Å². The molecule has 0 atom stereocenters. The van der Waals surface area contributed by atoms with Crippen LogP contribution in [0.3, 0.4) is 0 Å². The quantitative estimate of drug-likeness (QED) is 0.156. The predicted octanol–water partition coefficient (Wildman–Crippen LogP) is 24.4. The molecule has 4 nitrogen and oxygen atoms in total. The third kappa shape index (κ3) is 13.4. The predicted molar refractivity (Wildman–Crippen MR) is 462 cm³/mol. The molecule has 8 aromatic carbocycles. The fraction of sp³-hybridized carbons (Fsp3) is 0.434. The van der Waals surface area contributed by atoms with Crippen LogP contribution in [-0.4, -0.2) is 0 Å². The van der Waals surface area contributed by atoms with Crippen molar-refractivity contribution in [1.82, 2.24) is 0 Å². The molecule has 4 spiro atoms. The summed E-state index contributed by atoms with van der Waals surface area (Å²) in [6, 6.07) is 56.5. The zero-order valence-electron chi connectivity index (χ0n) is 70.0. The number of benzene rings is 8. The molecule has 20 rings (SSSR count). The zero-order valence-corrected chi connectivity index (χ0v) is 70.0. The first kappa shape index (κ1) is 74.2. The molecule has 0 N–H and O–H groups in total. The SMILES string of the molecule is Cc1cc(C)c(C)c(-c2c3c(c4ccccc4[n+]2C)CC2(CCCC2)C3)c1.Cc1cc(C)c(C)c(-c2ccc3c4c(ccc3[n+]2C)CC2(CCCC2)C4)c1.Cc1cc(C)c(C)c(-c2ccc3cc4c(cc3[n+]2C)CC2(CCCC2)C4)c1.Cc1cc(C)c(C)c(-c2ccc3cc4c(cc3[n+]2C)CCC2(CCCCC2)C4)c1. The molecule has 0 bridgehead atoms. The van der Waals surface area contributed by atoms with Crippen LogP contribution in [0.5, 0.6) is 0 Å². The van der Waals surface area contributed by atoms with Gasteiger partial charge in [0.05, 0.1) is 0 Å². The first-order chi connectivity index (χ1) is 52.9. The number of rotatable bonds is 4. The fourth-order valence-electron chi connectivity index (χ4n) is 23.7. The van der Waals surface area contributed by atoms with Crippen LogP contribution in [0.2, 0.25) is 0 Å². The number of fused-ring (bicyclic) bond motifs is 10. The van der Waals surface area contributed by atoms with Gasteiger partial charge in [0.25, 0.3) is 0 Å². The maximum Gasteiger partial charge on any atom is 0.216 e. The minimum atomic E-state index is 0.529. The van der Waals surface area contributed by atoms with Crippen LogP contribution in [0, 0.1) is 105 Å². The lowest BCUT2D eigenvalue weighted by atomic mass is 9.64. The average molecular weight is 1450 g/mol. The number of hydrogen-bond donors (Lipinski definition) is 0. The summed E-state index contributed by atoms with van der Waals surface area (Å²) in [5.74, 6) is 0. The van der Waals surface area contributed by atoms with Gasteiger partial charge in [-0.2, -0.15) is 18.3 Å². The second-order valence-electron chi connectivity index (χ2n) is 37.6. The normalized spacial score (nSPS) is 17.9. The van der Waals surface area contributed by atoms with E-state index in [9.17, 15) is 0 Å². The molecule has 8 aliphatic rings. The van der Waals surface area contributed by atoms with Gasteiger partial charge < -0.3 is 0 Å². The molecule has 4 heteroatoms. The van der Waals surface area contributed by atoms with Gasteiger partial charge in [0.1, 0.15) is 28.2 Å². The Morgan fingerprint density at radius 3 is 1.15 bits per heavy atom. The number of nitrogens with zero attached hydrogens (tertiary/aromatic N) is 4. The van der Waals surface area contributed by atoms with E-state index in [0.717, 1.165) is 0 Å². The standard InChI is InChI=1S/C28H34N.3C26H30N/c1-19-14-20(2)21(3)25(15-19)26-9-8-23-16-24-18-28(11-6-5-7-12-28)13-10-22(24)17-27(23)29(26)4;1-17-13-18(2)19(3)22(14-17)25-10-8-21-23-16-26(11-5-6-12-26)15-20(23)7-9-24(21)27(25)4;1-17-11-18(2)19(3)23(12-17)24-8-7-20-13-21-15-26(9-5-6-10-26)16-22(21)14-25(20)27(24)4;1-17-13-18(2)19(3)21(14-17)25-23-16-26(11-7-8-12-26)15-22(23)20-9-5-6-10-24(20)27(25)4/h8-9,14-17H,5-7,10-13,18H2,1-4H3;7-10,13-14H,5-6,11-12,15-16H2,1-4H3;7-8,11-14H,5-6,9-10,15-16H2,1-4H3;5-6,9-10,13-14H,7-8,11-12,15-16H2,1-4H3/q4*+1. The zero-order chi connectivity index (χ0) is 76.4. The molecule has 0 saturated heterocycles. The van der Waals surface area contributed by atoms with Gasteiger partial charge in [-0.05, 0) is 358 Å². The van der Waals surface area contributed by atoms with Crippen molar-refractivity contribution in [2.75, 3.05) is 0 Å². The summed E-state index contributed by atoms with van der Waals surface area (Å²) in [5, 5.41) is 5.73. The van der Waals surface area contributed by atoms with Crippen molar-refractivity contribution in [3.8, 4) is 45.0 Å². The van der Waals surface area contributed by atoms with E-state index < -0.39 is 0 Å². The minimum absolute atomic E-state index is 0.529. The molecule has 564 valence electrons. The summed E-state index contributed by atoms with van der Waals surface area (Å²) in [6.45, 7) is 26.8. The van der Waals surface area contributed by atoms with Gasteiger partial charge in [0.2, 0.25) is 44.8 Å². The Morgan fingerprint density at radius 2 is 0.618 bits per heavy atom. The average Bonchev–Trinajstić information content (AvgIpc) is 1.55. The molecule has 4 fully saturated rings. The Bertz CT molecular complexity index is 5640. The van der Waals surface area contributed by atoms with E-state index in [4.69, 9.17) is 0 Å². The van der Waals surface area contributed by atoms with Gasteiger partial charge >= 0.3 is 0 Å². The van der Waals surface area contributed by atoms with Gasteiger partial charge in [-0.3, -0.25) is 0 Å². The highest BCUT2D eigenvalue weighted by Crippen LogP contribution is 2.55. The largest absolute Gasteiger partial charge is 0.216 e. The molecule has 4 saturated carbocycles. The third-order valence-corrected chi connectivity index (χ3v) is 30.2. The molecular formula is C106H124N4+4. The van der Waals surface area contributed by atoms with Crippen molar-refractivity contribution in [3.63, 3.8) is 0 Å². The maximum atomic E-state index is 2.51. The summed E-state index contributed by atoms with van der Waals surface area (Å²) in [7, 11) is 8.99. The maximum absolute atomic E-state index is 2.51. The molecule has 12 aromatic rings. The second kappa shape index (κ2) is 28.9. The van der Waals surface area contributed by atoms with Crippen LogP contribution in [0.15, 0.2) is 146 Å². The highest BCUT2D eigenvalue weighted by atomic mass is 15.0. The molecular weight excluding hydrogens is 1330 g/mol. The number of hydrogen-bond acceptors (Lipinski definition) is 0. The third-order valence-electron chi connectivity index (χ3n) is 30.2. The van der Waals surface area contributed by atoms with Gasteiger partial charge in [-0.15, -0.1) is 0 Å². The summed E-state index contributed by atoms with van der Waals surface area (Å²) in [4.78, 5) is 0. The van der Waals surface area contributed by atoms with E-state index in [-0.39, 0.29) is 0 Å². The van der Waals surface area contributed by atoms with Crippen LogP contribution in [0.25, 0.3) is 88.6 Å². The van der Waals surface area contributed by atoms with Crippen LogP contribution < -0.4 is 18.3 Å². The van der Waals surface area contributed by atoms with Gasteiger partial charge in [-0.25, -0.2) is 0 Å². The van der Waals surface area contributed by atoms with Gasteiger partial charge in [0.15, 0.2) is 0 Å². The highest BCUT2D eigenvalue weighted by Gasteiger charge is 2.46. The summed E-state index contributed by atoms with van der Waals surface area (Å²) in [5.41, 5.74) is 48.2. The lowest BCUT2D eigenvalue weighted by Gasteiger charge is -2.41. The molecule has 4 heterocycles. The van der Waals surface area contributed by atoms with Gasteiger partial charge in [0, 0.05) is 91.8 Å². The molecule has 0 unspecified atom stereocenters. The highest BCUT2D eigenvalue weighted by molar-refractivity contribution is 5.87. The van der Waals surface area contributed by atoms with Gasteiger partial charge in [-0.1, -0.05) is 123 Å². The van der Waals surface area contributed by atoms with E-state index >= 15 is 0 Å². The lowest BCUT2D eigenvalue weighted by Crippen LogP contribution is -2.34. The number of aromatic nitrogens is 4. The summed E-state index contributed by atoms with van der Waals surface area (Å²) < 4.78 is 9.72.